The second-order valence-electron chi connectivity index (χ2n) is 8.43. The highest BCUT2D eigenvalue weighted by atomic mass is 19.1. The standard InChI is InChI=1S/C24H27F2N3O3/c1-29(23(31)32-20-8-6-19(26)7-9-20)24(22(30)17-10-12-27-13-11-17)15-28-14-21(24)16-2-4-18(25)5-3-16/h2-9,17,21,27-28H,10-15H2,1H3/t21-,24+/m0/s1. The highest BCUT2D eigenvalue weighted by Gasteiger charge is 2.56. The maximum absolute atomic E-state index is 14.0. The number of hydrogen-bond donors (Lipinski definition) is 2. The third-order valence-electron chi connectivity index (χ3n) is 6.62. The highest BCUT2D eigenvalue weighted by molar-refractivity contribution is 5.95. The number of piperidine rings is 1. The van der Waals surface area contributed by atoms with Crippen LogP contribution in [0.15, 0.2) is 48.5 Å². The number of nitrogens with one attached hydrogen (secondary N) is 2. The van der Waals surface area contributed by atoms with Gasteiger partial charge in [-0.3, -0.25) is 9.69 Å². The Morgan fingerprint density at radius 2 is 1.56 bits per heavy atom. The first-order chi connectivity index (χ1) is 15.4. The molecule has 32 heavy (non-hydrogen) atoms. The van der Waals surface area contributed by atoms with Crippen LogP contribution in [0.2, 0.25) is 0 Å². The first-order valence-corrected chi connectivity index (χ1v) is 10.8. The van der Waals surface area contributed by atoms with Crippen LogP contribution < -0.4 is 15.4 Å². The number of amides is 1. The minimum absolute atomic E-state index is 0.0168. The monoisotopic (exact) mass is 443 g/mol. The van der Waals surface area contributed by atoms with Gasteiger partial charge in [0.15, 0.2) is 5.78 Å². The SMILES string of the molecule is CN(C(=O)Oc1ccc(F)cc1)[C@]1(C(=O)C2CCNCC2)CNC[C@H]1c1ccc(F)cc1. The molecule has 0 spiro atoms. The van der Waals surface area contributed by atoms with Gasteiger partial charge >= 0.3 is 6.09 Å². The lowest BCUT2D eigenvalue weighted by Gasteiger charge is -2.43. The molecule has 2 aromatic rings. The van der Waals surface area contributed by atoms with Crippen LogP contribution in [0, 0.1) is 17.6 Å². The van der Waals surface area contributed by atoms with E-state index < -0.39 is 17.4 Å². The molecular formula is C24H27F2N3O3. The van der Waals surface area contributed by atoms with Crippen molar-refractivity contribution in [2.45, 2.75) is 24.3 Å². The predicted octanol–water partition coefficient (Wildman–Crippen LogP) is 3.09. The molecule has 0 unspecified atom stereocenters. The minimum atomic E-state index is -1.18. The van der Waals surface area contributed by atoms with Crippen LogP contribution in [0.4, 0.5) is 13.6 Å². The molecule has 6 nitrogen and oxygen atoms in total. The van der Waals surface area contributed by atoms with E-state index in [1.54, 1.807) is 19.2 Å². The van der Waals surface area contributed by atoms with Crippen molar-refractivity contribution in [3.8, 4) is 5.75 Å². The second kappa shape index (κ2) is 9.34. The molecular weight excluding hydrogens is 416 g/mol. The molecule has 2 aromatic carbocycles. The summed E-state index contributed by atoms with van der Waals surface area (Å²) in [5.74, 6) is -1.18. The van der Waals surface area contributed by atoms with Gasteiger partial charge in [0, 0.05) is 32.0 Å². The van der Waals surface area contributed by atoms with Crippen LogP contribution in [-0.4, -0.2) is 55.5 Å². The molecule has 2 aliphatic rings. The van der Waals surface area contributed by atoms with Gasteiger partial charge in [0.05, 0.1) is 0 Å². The second-order valence-corrected chi connectivity index (χ2v) is 8.43. The van der Waals surface area contributed by atoms with Gasteiger partial charge in [-0.1, -0.05) is 12.1 Å². The van der Waals surface area contributed by atoms with Crippen LogP contribution in [0.3, 0.4) is 0 Å². The molecule has 0 aliphatic carbocycles. The number of likely N-dealkylation sites (N-methyl/N-ethyl adjacent to an activating group) is 1. The van der Waals surface area contributed by atoms with E-state index in [0.29, 0.717) is 19.4 Å². The van der Waals surface area contributed by atoms with Crippen molar-refractivity contribution < 1.29 is 23.1 Å². The molecule has 0 radical (unpaired) electrons. The lowest BCUT2D eigenvalue weighted by Crippen LogP contribution is -2.62. The minimum Gasteiger partial charge on any atom is -0.410 e. The largest absolute Gasteiger partial charge is 0.415 e. The van der Waals surface area contributed by atoms with Crippen LogP contribution in [-0.2, 0) is 4.79 Å². The first kappa shape index (κ1) is 22.4. The van der Waals surface area contributed by atoms with E-state index in [-0.39, 0.29) is 35.7 Å². The summed E-state index contributed by atoms with van der Waals surface area (Å²) in [6.07, 6.45) is 0.685. The Kier molecular flexibility index (Phi) is 6.53. The number of carbonyl (C=O) groups is 2. The van der Waals surface area contributed by atoms with E-state index in [1.807, 2.05) is 0 Å². The quantitative estimate of drug-likeness (QED) is 0.743. The zero-order valence-electron chi connectivity index (χ0n) is 17.9. The number of hydrogen-bond acceptors (Lipinski definition) is 5. The Bertz CT molecular complexity index is 961. The van der Waals surface area contributed by atoms with E-state index in [1.165, 1.54) is 41.3 Å². The highest BCUT2D eigenvalue weighted by Crippen LogP contribution is 2.40. The molecule has 2 atom stereocenters. The van der Waals surface area contributed by atoms with Crippen molar-refractivity contribution in [2.75, 3.05) is 33.2 Å². The average molecular weight is 443 g/mol. The van der Waals surface area contributed by atoms with Crippen LogP contribution >= 0.6 is 0 Å². The van der Waals surface area contributed by atoms with Gasteiger partial charge in [-0.2, -0.15) is 0 Å². The maximum atomic E-state index is 14.0. The number of ether oxygens (including phenoxy) is 1. The summed E-state index contributed by atoms with van der Waals surface area (Å²) in [5, 5.41) is 6.54. The number of nitrogens with zero attached hydrogens (tertiary/aromatic N) is 1. The van der Waals surface area contributed by atoms with E-state index in [4.69, 9.17) is 4.74 Å². The molecule has 170 valence electrons. The fraction of sp³-hybridized carbons (Fsp3) is 0.417. The van der Waals surface area contributed by atoms with E-state index in [9.17, 15) is 18.4 Å². The summed E-state index contributed by atoms with van der Waals surface area (Å²) in [7, 11) is 1.56. The Morgan fingerprint density at radius 3 is 2.19 bits per heavy atom. The Morgan fingerprint density at radius 1 is 0.969 bits per heavy atom. The third kappa shape index (κ3) is 4.25. The number of benzene rings is 2. The summed E-state index contributed by atoms with van der Waals surface area (Å²) in [6.45, 7) is 2.22. The maximum Gasteiger partial charge on any atom is 0.415 e. The first-order valence-electron chi connectivity index (χ1n) is 10.8. The fourth-order valence-corrected chi connectivity index (χ4v) is 4.84. The van der Waals surface area contributed by atoms with Gasteiger partial charge in [0.2, 0.25) is 0 Å². The van der Waals surface area contributed by atoms with Gasteiger partial charge in [-0.15, -0.1) is 0 Å². The van der Waals surface area contributed by atoms with Gasteiger partial charge in [0.1, 0.15) is 22.9 Å². The van der Waals surface area contributed by atoms with Gasteiger partial charge in [-0.25, -0.2) is 13.6 Å². The van der Waals surface area contributed by atoms with Gasteiger partial charge in [0.25, 0.3) is 0 Å². The smallest absolute Gasteiger partial charge is 0.410 e. The van der Waals surface area contributed by atoms with Crippen LogP contribution in [0.1, 0.15) is 24.3 Å². The lowest BCUT2D eigenvalue weighted by atomic mass is 9.72. The molecule has 0 aromatic heterocycles. The van der Waals surface area contributed by atoms with Crippen molar-refractivity contribution in [1.29, 1.82) is 0 Å². The number of ketones is 1. The number of carbonyl (C=O) groups excluding carboxylic acids is 2. The summed E-state index contributed by atoms with van der Waals surface area (Å²) in [6, 6.07) is 11.2. The van der Waals surface area contributed by atoms with Crippen molar-refractivity contribution in [1.82, 2.24) is 15.5 Å². The predicted molar refractivity (Wildman–Crippen MR) is 116 cm³/mol. The number of Topliss-reactive ketones (excluding diaryl/α,β-unsaturated/α-hetero) is 1. The molecule has 2 saturated heterocycles. The van der Waals surface area contributed by atoms with E-state index in [0.717, 1.165) is 18.7 Å². The van der Waals surface area contributed by atoms with E-state index >= 15 is 0 Å². The lowest BCUT2D eigenvalue weighted by molar-refractivity contribution is -0.134. The topological polar surface area (TPSA) is 70.7 Å². The zero-order chi connectivity index (χ0) is 22.7. The third-order valence-corrected chi connectivity index (χ3v) is 6.62. The molecule has 8 heteroatoms. The molecule has 2 fully saturated rings. The number of rotatable bonds is 5. The average Bonchev–Trinajstić information content (AvgIpc) is 3.26. The zero-order valence-corrected chi connectivity index (χ0v) is 17.9. The summed E-state index contributed by atoms with van der Waals surface area (Å²) in [5.41, 5.74) is -0.406. The van der Waals surface area contributed by atoms with Crippen LogP contribution in [0.5, 0.6) is 5.75 Å². The van der Waals surface area contributed by atoms with Gasteiger partial charge in [-0.05, 0) is 67.9 Å². The summed E-state index contributed by atoms with van der Waals surface area (Å²) < 4.78 is 32.3. The van der Waals surface area contributed by atoms with Gasteiger partial charge < -0.3 is 15.4 Å². The molecule has 0 saturated carbocycles. The van der Waals surface area contributed by atoms with Crippen LogP contribution in [0.25, 0.3) is 0 Å². The summed E-state index contributed by atoms with van der Waals surface area (Å²) in [4.78, 5) is 28.5. The van der Waals surface area contributed by atoms with E-state index in [2.05, 4.69) is 10.6 Å². The fourth-order valence-electron chi connectivity index (χ4n) is 4.84. The molecule has 2 heterocycles. The van der Waals surface area contributed by atoms with Crippen molar-refractivity contribution in [2.24, 2.45) is 5.92 Å². The molecule has 4 rings (SSSR count). The Hall–Kier alpha value is -2.84. The Balaban J connectivity index is 1.69. The summed E-state index contributed by atoms with van der Waals surface area (Å²) >= 11 is 0. The normalized spacial score (nSPS) is 23.7. The molecule has 2 N–H and O–H groups in total. The Labute approximate surface area is 185 Å². The number of halogens is 2. The molecule has 2 aliphatic heterocycles. The van der Waals surface area contributed by atoms with Crippen molar-refractivity contribution in [3.05, 3.63) is 65.7 Å². The molecule has 0 bridgehead atoms. The van der Waals surface area contributed by atoms with Crippen molar-refractivity contribution in [3.63, 3.8) is 0 Å². The molecule has 1 amide bonds. The van der Waals surface area contributed by atoms with Crippen molar-refractivity contribution >= 4 is 11.9 Å².